The number of carbonyl (C=O) groups is 1. The van der Waals surface area contributed by atoms with E-state index in [9.17, 15) is 4.79 Å². The molecule has 2 aromatic rings. The quantitative estimate of drug-likeness (QED) is 0.691. The molecular formula is C21H28N2O3. The summed E-state index contributed by atoms with van der Waals surface area (Å²) in [4.78, 5) is 16.7. The minimum Gasteiger partial charge on any atom is -0.492 e. The highest BCUT2D eigenvalue weighted by atomic mass is 16.5. The summed E-state index contributed by atoms with van der Waals surface area (Å²) in [6, 6.07) is 12.3. The Balaban J connectivity index is 1.45. The summed E-state index contributed by atoms with van der Waals surface area (Å²) in [5.74, 6) is 2.75. The molecule has 0 bridgehead atoms. The average molecular weight is 356 g/mol. The first-order valence-corrected chi connectivity index (χ1v) is 9.24. The Bertz CT molecular complexity index is 719. The Kier molecular flexibility index (Phi) is 5.99. The minimum absolute atomic E-state index is 0.152. The van der Waals surface area contributed by atoms with Crippen LogP contribution < -0.4 is 4.74 Å². The number of rotatable bonds is 9. The predicted octanol–water partition coefficient (Wildman–Crippen LogP) is 3.40. The largest absolute Gasteiger partial charge is 0.492 e. The van der Waals surface area contributed by atoms with Gasteiger partial charge in [0.15, 0.2) is 0 Å². The number of nitrogens with zero attached hydrogens (tertiary/aromatic N) is 2. The van der Waals surface area contributed by atoms with Gasteiger partial charge in [0.1, 0.15) is 23.9 Å². The van der Waals surface area contributed by atoms with Gasteiger partial charge in [0, 0.05) is 12.6 Å². The van der Waals surface area contributed by atoms with Crippen molar-refractivity contribution in [2.45, 2.75) is 39.3 Å². The molecule has 1 amide bonds. The molecule has 3 rings (SSSR count). The maximum Gasteiger partial charge on any atom is 0.237 e. The van der Waals surface area contributed by atoms with E-state index in [2.05, 4.69) is 6.92 Å². The molecule has 0 N–H and O–H groups in total. The summed E-state index contributed by atoms with van der Waals surface area (Å²) in [7, 11) is 1.96. The molecular weight excluding hydrogens is 328 g/mol. The van der Waals surface area contributed by atoms with E-state index in [-0.39, 0.29) is 5.91 Å². The lowest BCUT2D eigenvalue weighted by atomic mass is 10.2. The van der Waals surface area contributed by atoms with Gasteiger partial charge in [0.2, 0.25) is 5.91 Å². The number of benzene rings is 1. The lowest BCUT2D eigenvalue weighted by molar-refractivity contribution is -0.133. The van der Waals surface area contributed by atoms with Crippen molar-refractivity contribution < 1.29 is 13.9 Å². The van der Waals surface area contributed by atoms with Crippen LogP contribution in [0.3, 0.4) is 0 Å². The second-order valence-electron chi connectivity index (χ2n) is 7.16. The maximum atomic E-state index is 12.7. The second-order valence-corrected chi connectivity index (χ2v) is 7.16. The Morgan fingerprint density at radius 3 is 2.50 bits per heavy atom. The van der Waals surface area contributed by atoms with Crippen LogP contribution in [0.15, 0.2) is 40.8 Å². The first-order chi connectivity index (χ1) is 12.5. The number of carbonyl (C=O) groups excluding carboxylic acids is 1. The van der Waals surface area contributed by atoms with Crippen molar-refractivity contribution in [1.82, 2.24) is 9.80 Å². The van der Waals surface area contributed by atoms with Crippen molar-refractivity contribution in [3.05, 3.63) is 53.5 Å². The minimum atomic E-state index is 0.152. The van der Waals surface area contributed by atoms with E-state index in [1.807, 2.05) is 60.2 Å². The first kappa shape index (κ1) is 18.5. The monoisotopic (exact) mass is 356 g/mol. The molecule has 26 heavy (non-hydrogen) atoms. The van der Waals surface area contributed by atoms with Gasteiger partial charge in [-0.2, -0.15) is 0 Å². The van der Waals surface area contributed by atoms with E-state index in [0.717, 1.165) is 30.1 Å². The normalized spacial score (nSPS) is 13.8. The van der Waals surface area contributed by atoms with Gasteiger partial charge in [0.05, 0.1) is 13.1 Å². The van der Waals surface area contributed by atoms with Gasteiger partial charge >= 0.3 is 0 Å². The van der Waals surface area contributed by atoms with Crippen LogP contribution in [-0.4, -0.2) is 48.5 Å². The predicted molar refractivity (Wildman–Crippen MR) is 101 cm³/mol. The molecule has 0 atom stereocenters. The molecule has 0 saturated heterocycles. The topological polar surface area (TPSA) is 45.9 Å². The van der Waals surface area contributed by atoms with E-state index in [0.29, 0.717) is 32.3 Å². The molecule has 0 radical (unpaired) electrons. The molecule has 5 nitrogen and oxygen atoms in total. The second kappa shape index (κ2) is 8.41. The number of furan rings is 1. The Labute approximate surface area is 155 Å². The van der Waals surface area contributed by atoms with Gasteiger partial charge in [-0.3, -0.25) is 9.69 Å². The SMILES string of the molecule is Cc1ccc(OCCN(C)CC(=O)N(Cc2ccc(C)o2)C2CC2)cc1. The third-order valence-corrected chi connectivity index (χ3v) is 4.60. The summed E-state index contributed by atoms with van der Waals surface area (Å²) in [5.41, 5.74) is 1.21. The van der Waals surface area contributed by atoms with E-state index in [4.69, 9.17) is 9.15 Å². The summed E-state index contributed by atoms with van der Waals surface area (Å²) in [5, 5.41) is 0. The van der Waals surface area contributed by atoms with Crippen molar-refractivity contribution in [3.8, 4) is 5.75 Å². The van der Waals surface area contributed by atoms with Gasteiger partial charge < -0.3 is 14.1 Å². The number of likely N-dealkylation sites (N-methyl/N-ethyl adjacent to an activating group) is 1. The molecule has 1 aliphatic rings. The van der Waals surface area contributed by atoms with Crippen molar-refractivity contribution >= 4 is 5.91 Å². The van der Waals surface area contributed by atoms with Gasteiger partial charge in [-0.1, -0.05) is 17.7 Å². The fraction of sp³-hybridized carbons (Fsp3) is 0.476. The van der Waals surface area contributed by atoms with Gasteiger partial charge in [-0.15, -0.1) is 0 Å². The van der Waals surface area contributed by atoms with Crippen LogP contribution in [0.25, 0.3) is 0 Å². The van der Waals surface area contributed by atoms with E-state index < -0.39 is 0 Å². The highest BCUT2D eigenvalue weighted by Gasteiger charge is 2.33. The molecule has 140 valence electrons. The summed E-state index contributed by atoms with van der Waals surface area (Å²) in [6.07, 6.45) is 2.18. The molecule has 5 heteroatoms. The van der Waals surface area contributed by atoms with E-state index in [1.165, 1.54) is 5.56 Å². The standard InChI is InChI=1S/C21H28N2O3/c1-16-4-9-19(10-5-16)25-13-12-22(3)15-21(24)23(18-7-8-18)14-20-11-6-17(2)26-20/h4-6,9-11,18H,7-8,12-15H2,1-3H3. The summed E-state index contributed by atoms with van der Waals surface area (Å²) >= 11 is 0. The van der Waals surface area contributed by atoms with Crippen molar-refractivity contribution in [3.63, 3.8) is 0 Å². The number of hydrogen-bond donors (Lipinski definition) is 0. The molecule has 1 saturated carbocycles. The molecule has 1 aromatic carbocycles. The summed E-state index contributed by atoms with van der Waals surface area (Å²) in [6.45, 7) is 6.21. The zero-order valence-corrected chi connectivity index (χ0v) is 15.9. The Morgan fingerprint density at radius 1 is 1.15 bits per heavy atom. The first-order valence-electron chi connectivity index (χ1n) is 9.24. The van der Waals surface area contributed by atoms with Crippen LogP contribution in [0.1, 0.15) is 29.9 Å². The molecule has 1 heterocycles. The highest BCUT2D eigenvalue weighted by Crippen LogP contribution is 2.28. The number of ether oxygens (including phenoxy) is 1. The fourth-order valence-electron chi connectivity index (χ4n) is 2.90. The molecule has 1 aliphatic carbocycles. The van der Waals surface area contributed by atoms with Crippen LogP contribution in [0.2, 0.25) is 0 Å². The van der Waals surface area contributed by atoms with E-state index >= 15 is 0 Å². The van der Waals surface area contributed by atoms with Gasteiger partial charge in [-0.05, 0) is 58.0 Å². The smallest absolute Gasteiger partial charge is 0.237 e. The molecule has 1 aromatic heterocycles. The van der Waals surface area contributed by atoms with Crippen LogP contribution in [0.4, 0.5) is 0 Å². The third kappa shape index (κ3) is 5.36. The van der Waals surface area contributed by atoms with Gasteiger partial charge in [-0.25, -0.2) is 0 Å². The Morgan fingerprint density at radius 2 is 1.88 bits per heavy atom. The number of amides is 1. The Hall–Kier alpha value is -2.27. The highest BCUT2D eigenvalue weighted by molar-refractivity contribution is 5.78. The average Bonchev–Trinajstić information content (AvgIpc) is 3.36. The number of aryl methyl sites for hydroxylation is 2. The fourth-order valence-corrected chi connectivity index (χ4v) is 2.90. The lowest BCUT2D eigenvalue weighted by Crippen LogP contribution is -2.40. The molecule has 0 spiro atoms. The third-order valence-electron chi connectivity index (χ3n) is 4.60. The summed E-state index contributed by atoms with van der Waals surface area (Å²) < 4.78 is 11.4. The van der Waals surface area contributed by atoms with Crippen LogP contribution in [0, 0.1) is 13.8 Å². The van der Waals surface area contributed by atoms with Crippen LogP contribution in [-0.2, 0) is 11.3 Å². The zero-order valence-electron chi connectivity index (χ0n) is 15.9. The molecule has 0 unspecified atom stereocenters. The number of hydrogen-bond acceptors (Lipinski definition) is 4. The van der Waals surface area contributed by atoms with Crippen molar-refractivity contribution in [2.24, 2.45) is 0 Å². The van der Waals surface area contributed by atoms with Crippen LogP contribution >= 0.6 is 0 Å². The van der Waals surface area contributed by atoms with Gasteiger partial charge in [0.25, 0.3) is 0 Å². The maximum absolute atomic E-state index is 12.7. The molecule has 0 aliphatic heterocycles. The van der Waals surface area contributed by atoms with Crippen molar-refractivity contribution in [1.29, 1.82) is 0 Å². The zero-order chi connectivity index (χ0) is 18.5. The van der Waals surface area contributed by atoms with E-state index in [1.54, 1.807) is 0 Å². The van der Waals surface area contributed by atoms with Crippen molar-refractivity contribution in [2.75, 3.05) is 26.7 Å². The van der Waals surface area contributed by atoms with Crippen LogP contribution in [0.5, 0.6) is 5.75 Å². The lowest BCUT2D eigenvalue weighted by Gasteiger charge is -2.24. The molecule has 1 fully saturated rings.